The van der Waals surface area contributed by atoms with Crippen molar-refractivity contribution >= 4 is 15.9 Å². The van der Waals surface area contributed by atoms with Gasteiger partial charge in [0.15, 0.2) is 0 Å². The maximum absolute atomic E-state index is 13.1. The predicted octanol–water partition coefficient (Wildman–Crippen LogP) is 3.37. The molecule has 1 aliphatic heterocycles. The van der Waals surface area contributed by atoms with E-state index < -0.39 is 10.0 Å². The molecule has 0 spiro atoms. The van der Waals surface area contributed by atoms with Crippen molar-refractivity contribution in [3.63, 3.8) is 0 Å². The summed E-state index contributed by atoms with van der Waals surface area (Å²) in [6.07, 6.45) is 5.01. The predicted molar refractivity (Wildman–Crippen MR) is 118 cm³/mol. The molecule has 1 unspecified atom stereocenters. The molecule has 162 valence electrons. The molecule has 1 amide bonds. The molecular weight excluding hydrogens is 398 g/mol. The van der Waals surface area contributed by atoms with Gasteiger partial charge in [0.05, 0.1) is 5.75 Å². The normalized spacial score (nSPS) is 17.8. The lowest BCUT2D eigenvalue weighted by atomic mass is 10.0. The van der Waals surface area contributed by atoms with Gasteiger partial charge in [-0.1, -0.05) is 49.7 Å². The fraction of sp³-hybridized carbons (Fsp3) is 0.478. The van der Waals surface area contributed by atoms with Crippen molar-refractivity contribution in [2.24, 2.45) is 5.92 Å². The summed E-state index contributed by atoms with van der Waals surface area (Å²) in [5.74, 6) is -0.122. The second-order valence-corrected chi connectivity index (χ2v) is 10.3. The third-order valence-corrected chi connectivity index (χ3v) is 7.33. The van der Waals surface area contributed by atoms with Gasteiger partial charge >= 0.3 is 0 Å². The molecule has 0 N–H and O–H groups in total. The van der Waals surface area contributed by atoms with Crippen LogP contribution in [0, 0.1) is 12.8 Å². The molecule has 0 aliphatic carbocycles. The Bertz CT molecular complexity index is 943. The molecule has 2 heterocycles. The first-order chi connectivity index (χ1) is 14.3. The molecule has 30 heavy (non-hydrogen) atoms. The van der Waals surface area contributed by atoms with Crippen LogP contribution >= 0.6 is 0 Å². The molecule has 1 aromatic heterocycles. The van der Waals surface area contributed by atoms with E-state index in [2.05, 4.69) is 4.98 Å². The van der Waals surface area contributed by atoms with E-state index in [9.17, 15) is 13.2 Å². The van der Waals surface area contributed by atoms with E-state index >= 15 is 0 Å². The van der Waals surface area contributed by atoms with Crippen molar-refractivity contribution < 1.29 is 13.2 Å². The van der Waals surface area contributed by atoms with Crippen molar-refractivity contribution in [2.45, 2.75) is 52.0 Å². The molecule has 1 aliphatic rings. The summed E-state index contributed by atoms with van der Waals surface area (Å²) in [5.41, 5.74) is 2.84. The summed E-state index contributed by atoms with van der Waals surface area (Å²) in [6.45, 7) is 7.03. The van der Waals surface area contributed by atoms with Crippen LogP contribution in [0.25, 0.3) is 0 Å². The van der Waals surface area contributed by atoms with E-state index in [0.717, 1.165) is 29.5 Å². The van der Waals surface area contributed by atoms with Gasteiger partial charge in [-0.05, 0) is 37.0 Å². The van der Waals surface area contributed by atoms with Gasteiger partial charge in [0.25, 0.3) is 0 Å². The topological polar surface area (TPSA) is 70.6 Å². The van der Waals surface area contributed by atoms with E-state index in [-0.39, 0.29) is 23.6 Å². The monoisotopic (exact) mass is 429 g/mol. The van der Waals surface area contributed by atoms with E-state index in [1.807, 2.05) is 62.1 Å². The minimum atomic E-state index is -3.45. The molecule has 1 aromatic carbocycles. The molecule has 1 fully saturated rings. The number of hydrogen-bond donors (Lipinski definition) is 0. The van der Waals surface area contributed by atoms with E-state index in [1.165, 1.54) is 0 Å². The van der Waals surface area contributed by atoms with E-state index in [0.29, 0.717) is 19.6 Å². The molecule has 1 atom stereocenters. The molecule has 0 saturated carbocycles. The SMILES string of the molecule is Cc1ccc(CS(=O)(=O)N2CCCC(N(Cc3cccnc3)C(=O)C(C)C)C2)cc1. The Morgan fingerprint density at radius 1 is 1.20 bits per heavy atom. The minimum Gasteiger partial charge on any atom is -0.334 e. The maximum atomic E-state index is 13.1. The highest BCUT2D eigenvalue weighted by Crippen LogP contribution is 2.24. The van der Waals surface area contributed by atoms with Crippen LogP contribution in [0.5, 0.6) is 0 Å². The Morgan fingerprint density at radius 3 is 2.57 bits per heavy atom. The number of carbonyl (C=O) groups is 1. The number of benzene rings is 1. The average Bonchev–Trinajstić information content (AvgIpc) is 2.74. The lowest BCUT2D eigenvalue weighted by molar-refractivity contribution is -0.138. The van der Waals surface area contributed by atoms with Crippen LogP contribution in [0.2, 0.25) is 0 Å². The number of hydrogen-bond acceptors (Lipinski definition) is 4. The average molecular weight is 430 g/mol. The zero-order chi connectivity index (χ0) is 21.7. The number of rotatable bonds is 7. The van der Waals surface area contributed by atoms with Gasteiger partial charge < -0.3 is 4.90 Å². The van der Waals surface area contributed by atoms with Crippen LogP contribution in [0.4, 0.5) is 0 Å². The fourth-order valence-corrected chi connectivity index (χ4v) is 5.42. The standard InChI is InChI=1S/C23H31N3O3S/c1-18(2)23(27)26(15-21-6-4-12-24-14-21)22-7-5-13-25(16-22)30(28,29)17-20-10-8-19(3)9-11-20/h4,6,8-12,14,18,22H,5,7,13,15-17H2,1-3H3. The first-order valence-corrected chi connectivity index (χ1v) is 12.1. The Morgan fingerprint density at radius 2 is 1.93 bits per heavy atom. The number of nitrogens with zero attached hydrogens (tertiary/aromatic N) is 3. The van der Waals surface area contributed by atoms with Gasteiger partial charge in [0.1, 0.15) is 0 Å². The van der Waals surface area contributed by atoms with Crippen molar-refractivity contribution in [2.75, 3.05) is 13.1 Å². The zero-order valence-electron chi connectivity index (χ0n) is 18.0. The van der Waals surface area contributed by atoms with Crippen molar-refractivity contribution in [3.05, 3.63) is 65.5 Å². The minimum absolute atomic E-state index is 0.0132. The Hall–Kier alpha value is -2.25. The van der Waals surface area contributed by atoms with Crippen LogP contribution in [0.3, 0.4) is 0 Å². The van der Waals surface area contributed by atoms with Crippen molar-refractivity contribution in [3.8, 4) is 0 Å². The number of sulfonamides is 1. The summed E-state index contributed by atoms with van der Waals surface area (Å²) in [7, 11) is -3.45. The Labute approximate surface area is 180 Å². The molecule has 2 aromatic rings. The molecule has 0 bridgehead atoms. The zero-order valence-corrected chi connectivity index (χ0v) is 18.8. The van der Waals surface area contributed by atoms with E-state index in [1.54, 1.807) is 16.7 Å². The lowest BCUT2D eigenvalue weighted by Gasteiger charge is -2.39. The summed E-state index contributed by atoms with van der Waals surface area (Å²) >= 11 is 0. The number of amides is 1. The number of aryl methyl sites for hydroxylation is 1. The molecule has 6 nitrogen and oxygen atoms in total. The first-order valence-electron chi connectivity index (χ1n) is 10.5. The van der Waals surface area contributed by atoms with Crippen molar-refractivity contribution in [1.29, 1.82) is 0 Å². The summed E-state index contributed by atoms with van der Waals surface area (Å²) < 4.78 is 27.7. The highest BCUT2D eigenvalue weighted by molar-refractivity contribution is 7.88. The summed E-state index contributed by atoms with van der Waals surface area (Å²) in [4.78, 5) is 19.0. The third-order valence-electron chi connectivity index (χ3n) is 5.52. The van der Waals surface area contributed by atoms with Gasteiger partial charge in [-0.2, -0.15) is 4.31 Å². The Balaban J connectivity index is 1.77. The largest absolute Gasteiger partial charge is 0.334 e. The summed E-state index contributed by atoms with van der Waals surface area (Å²) in [5, 5.41) is 0. The molecule has 7 heteroatoms. The van der Waals surface area contributed by atoms with Crippen LogP contribution in [-0.4, -0.2) is 47.6 Å². The van der Waals surface area contributed by atoms with Gasteiger partial charge in [-0.15, -0.1) is 0 Å². The number of pyridine rings is 1. The lowest BCUT2D eigenvalue weighted by Crippen LogP contribution is -2.52. The van der Waals surface area contributed by atoms with Crippen LogP contribution < -0.4 is 0 Å². The third kappa shape index (κ3) is 5.67. The van der Waals surface area contributed by atoms with Gasteiger partial charge in [-0.25, -0.2) is 8.42 Å². The number of piperidine rings is 1. The molecule has 3 rings (SSSR count). The highest BCUT2D eigenvalue weighted by Gasteiger charge is 2.34. The van der Waals surface area contributed by atoms with Crippen LogP contribution in [-0.2, 0) is 27.1 Å². The summed E-state index contributed by atoms with van der Waals surface area (Å²) in [6, 6.07) is 11.3. The van der Waals surface area contributed by atoms with Crippen LogP contribution in [0.15, 0.2) is 48.8 Å². The second kappa shape index (κ2) is 9.71. The smallest absolute Gasteiger partial charge is 0.225 e. The van der Waals surface area contributed by atoms with Gasteiger partial charge in [0.2, 0.25) is 15.9 Å². The van der Waals surface area contributed by atoms with Gasteiger partial charge in [0, 0.05) is 44.0 Å². The molecule has 1 saturated heterocycles. The highest BCUT2D eigenvalue weighted by atomic mass is 32.2. The number of carbonyl (C=O) groups excluding carboxylic acids is 1. The first kappa shape index (κ1) is 22.4. The second-order valence-electron chi connectivity index (χ2n) is 8.38. The number of aromatic nitrogens is 1. The van der Waals surface area contributed by atoms with E-state index in [4.69, 9.17) is 0 Å². The molecular formula is C23H31N3O3S. The maximum Gasteiger partial charge on any atom is 0.225 e. The van der Waals surface area contributed by atoms with Crippen LogP contribution in [0.1, 0.15) is 43.4 Å². The quantitative estimate of drug-likeness (QED) is 0.677. The Kier molecular flexibility index (Phi) is 7.26. The van der Waals surface area contributed by atoms with Gasteiger partial charge in [-0.3, -0.25) is 9.78 Å². The fourth-order valence-electron chi connectivity index (χ4n) is 3.82. The molecule has 0 radical (unpaired) electrons. The van der Waals surface area contributed by atoms with Crippen molar-refractivity contribution in [1.82, 2.24) is 14.2 Å².